The molecule has 1 saturated heterocycles. The number of anilines is 1. The molecule has 0 atom stereocenters. The number of rotatable bonds is 5. The van der Waals surface area contributed by atoms with Gasteiger partial charge in [0.05, 0.1) is 18.9 Å². The molecular formula is C15H18N2O2S. The summed E-state index contributed by atoms with van der Waals surface area (Å²) in [5, 5.41) is 6.34. The van der Waals surface area contributed by atoms with E-state index in [0.717, 1.165) is 29.4 Å². The third kappa shape index (κ3) is 3.17. The van der Waals surface area contributed by atoms with Gasteiger partial charge in [-0.2, -0.15) is 0 Å². The summed E-state index contributed by atoms with van der Waals surface area (Å²) in [4.78, 5) is 4.59. The van der Waals surface area contributed by atoms with Gasteiger partial charge in [0.1, 0.15) is 0 Å². The minimum Gasteiger partial charge on any atom is -0.361 e. The smallest absolute Gasteiger partial charge is 0.183 e. The maximum absolute atomic E-state index is 5.57. The molecule has 20 heavy (non-hydrogen) atoms. The van der Waals surface area contributed by atoms with Crippen molar-refractivity contribution >= 4 is 16.5 Å². The normalized spacial score (nSPS) is 17.2. The maximum Gasteiger partial charge on any atom is 0.183 e. The lowest BCUT2D eigenvalue weighted by molar-refractivity contribution is -0.144. The van der Waals surface area contributed by atoms with E-state index in [1.807, 2.05) is 25.1 Å². The van der Waals surface area contributed by atoms with Crippen molar-refractivity contribution in [3.63, 3.8) is 0 Å². The highest BCUT2D eigenvalue weighted by Gasteiger charge is 2.30. The molecule has 1 aliphatic heterocycles. The van der Waals surface area contributed by atoms with Crippen LogP contribution in [0.15, 0.2) is 35.7 Å². The quantitative estimate of drug-likeness (QED) is 0.917. The second kappa shape index (κ2) is 5.91. The average Bonchev–Trinajstić information content (AvgIpc) is 3.10. The Morgan fingerprint density at radius 3 is 2.75 bits per heavy atom. The van der Waals surface area contributed by atoms with E-state index in [4.69, 9.17) is 9.47 Å². The summed E-state index contributed by atoms with van der Waals surface area (Å²) in [6.45, 7) is 4.15. The molecule has 5 heteroatoms. The Morgan fingerprint density at radius 1 is 1.25 bits per heavy atom. The third-order valence-corrected chi connectivity index (χ3v) is 4.13. The van der Waals surface area contributed by atoms with Crippen molar-refractivity contribution in [3.8, 4) is 11.3 Å². The summed E-state index contributed by atoms with van der Waals surface area (Å²) in [6.07, 6.45) is 0.813. The molecule has 4 nitrogen and oxygen atoms in total. The van der Waals surface area contributed by atoms with E-state index in [2.05, 4.69) is 27.8 Å². The second-order valence-electron chi connectivity index (χ2n) is 4.91. The molecule has 1 N–H and O–H groups in total. The summed E-state index contributed by atoms with van der Waals surface area (Å²) < 4.78 is 11.1. The maximum atomic E-state index is 5.57. The number of aromatic nitrogens is 1. The van der Waals surface area contributed by atoms with Gasteiger partial charge >= 0.3 is 0 Å². The highest BCUT2D eigenvalue weighted by atomic mass is 32.1. The molecule has 0 bridgehead atoms. The Kier molecular flexibility index (Phi) is 4.00. The predicted octanol–water partition coefficient (Wildman–Crippen LogP) is 3.38. The molecule has 0 spiro atoms. The number of thiazole rings is 1. The predicted molar refractivity (Wildman–Crippen MR) is 81.0 cm³/mol. The van der Waals surface area contributed by atoms with Crippen molar-refractivity contribution in [3.05, 3.63) is 35.7 Å². The molecule has 0 amide bonds. The molecule has 1 aliphatic rings. The third-order valence-electron chi connectivity index (χ3n) is 3.33. The molecule has 1 fully saturated rings. The Morgan fingerprint density at radius 2 is 2.00 bits per heavy atom. The lowest BCUT2D eigenvalue weighted by atomic mass is 10.2. The van der Waals surface area contributed by atoms with E-state index in [1.54, 1.807) is 11.3 Å². The summed E-state index contributed by atoms with van der Waals surface area (Å²) in [5.41, 5.74) is 2.16. The van der Waals surface area contributed by atoms with Gasteiger partial charge in [0.15, 0.2) is 10.9 Å². The SMILES string of the molecule is CC1(CCNc2nc(-c3ccccc3)cs2)OCCO1. The number of nitrogens with one attached hydrogen (secondary N) is 1. The van der Waals surface area contributed by atoms with Gasteiger partial charge in [-0.15, -0.1) is 11.3 Å². The molecule has 0 unspecified atom stereocenters. The molecule has 0 saturated carbocycles. The van der Waals surface area contributed by atoms with Crippen molar-refractivity contribution in [2.45, 2.75) is 19.1 Å². The van der Waals surface area contributed by atoms with E-state index >= 15 is 0 Å². The highest BCUT2D eigenvalue weighted by molar-refractivity contribution is 7.14. The van der Waals surface area contributed by atoms with Gasteiger partial charge in [-0.3, -0.25) is 0 Å². The molecule has 1 aromatic heterocycles. The van der Waals surface area contributed by atoms with Crippen LogP contribution < -0.4 is 5.32 Å². The molecule has 0 radical (unpaired) electrons. The van der Waals surface area contributed by atoms with Crippen LogP contribution in [0.25, 0.3) is 11.3 Å². The molecule has 2 heterocycles. The summed E-state index contributed by atoms with van der Waals surface area (Å²) in [5.74, 6) is -0.438. The monoisotopic (exact) mass is 290 g/mol. The number of benzene rings is 1. The summed E-state index contributed by atoms with van der Waals surface area (Å²) >= 11 is 1.62. The highest BCUT2D eigenvalue weighted by Crippen LogP contribution is 2.26. The Labute approximate surface area is 122 Å². The van der Waals surface area contributed by atoms with Gasteiger partial charge in [-0.25, -0.2) is 4.98 Å². The fraction of sp³-hybridized carbons (Fsp3) is 0.400. The Hall–Kier alpha value is -1.43. The largest absolute Gasteiger partial charge is 0.361 e. The molecule has 106 valence electrons. The fourth-order valence-electron chi connectivity index (χ4n) is 2.19. The molecule has 1 aromatic carbocycles. The first-order valence-corrected chi connectivity index (χ1v) is 7.66. The van der Waals surface area contributed by atoms with Gasteiger partial charge in [-0.05, 0) is 6.92 Å². The van der Waals surface area contributed by atoms with Crippen LogP contribution >= 0.6 is 11.3 Å². The van der Waals surface area contributed by atoms with Gasteiger partial charge in [0.2, 0.25) is 0 Å². The van der Waals surface area contributed by atoms with Crippen molar-refractivity contribution < 1.29 is 9.47 Å². The Bertz CT molecular complexity index is 550. The first-order valence-electron chi connectivity index (χ1n) is 6.78. The minimum atomic E-state index is -0.438. The van der Waals surface area contributed by atoms with Crippen LogP contribution in [0.4, 0.5) is 5.13 Å². The zero-order valence-corrected chi connectivity index (χ0v) is 12.3. The van der Waals surface area contributed by atoms with Gasteiger partial charge in [0, 0.05) is 23.9 Å². The molecule has 2 aromatic rings. The van der Waals surface area contributed by atoms with Crippen molar-refractivity contribution in [1.82, 2.24) is 4.98 Å². The zero-order valence-electron chi connectivity index (χ0n) is 11.5. The molecule has 0 aliphatic carbocycles. The van der Waals surface area contributed by atoms with Crippen LogP contribution in [0.2, 0.25) is 0 Å². The zero-order chi connectivity index (χ0) is 13.8. The van der Waals surface area contributed by atoms with Gasteiger partial charge in [0.25, 0.3) is 0 Å². The first-order chi connectivity index (χ1) is 9.75. The van der Waals surface area contributed by atoms with Crippen LogP contribution in [-0.4, -0.2) is 30.5 Å². The van der Waals surface area contributed by atoms with Crippen LogP contribution in [0.5, 0.6) is 0 Å². The number of hydrogen-bond acceptors (Lipinski definition) is 5. The standard InChI is InChI=1S/C15H18N2O2S/c1-15(18-9-10-19-15)7-8-16-14-17-13(11-20-14)12-5-3-2-4-6-12/h2-6,11H,7-10H2,1H3,(H,16,17). The van der Waals surface area contributed by atoms with Gasteiger partial charge < -0.3 is 14.8 Å². The van der Waals surface area contributed by atoms with E-state index < -0.39 is 5.79 Å². The lowest BCUT2D eigenvalue weighted by Crippen LogP contribution is -2.28. The van der Waals surface area contributed by atoms with Crippen LogP contribution in [0.1, 0.15) is 13.3 Å². The van der Waals surface area contributed by atoms with Crippen LogP contribution in [0.3, 0.4) is 0 Å². The molecule has 3 rings (SSSR count). The topological polar surface area (TPSA) is 43.4 Å². The molecular weight excluding hydrogens is 272 g/mol. The van der Waals surface area contributed by atoms with E-state index in [9.17, 15) is 0 Å². The first kappa shape index (κ1) is 13.5. The minimum absolute atomic E-state index is 0.438. The average molecular weight is 290 g/mol. The summed E-state index contributed by atoms with van der Waals surface area (Å²) in [6, 6.07) is 10.2. The summed E-state index contributed by atoms with van der Waals surface area (Å²) in [7, 11) is 0. The number of nitrogens with zero attached hydrogens (tertiary/aromatic N) is 1. The van der Waals surface area contributed by atoms with Crippen LogP contribution in [0, 0.1) is 0 Å². The van der Waals surface area contributed by atoms with Gasteiger partial charge in [-0.1, -0.05) is 30.3 Å². The Balaban J connectivity index is 1.55. The van der Waals surface area contributed by atoms with Crippen molar-refractivity contribution in [2.75, 3.05) is 25.1 Å². The van der Waals surface area contributed by atoms with E-state index in [1.165, 1.54) is 0 Å². The van der Waals surface area contributed by atoms with E-state index in [0.29, 0.717) is 13.2 Å². The van der Waals surface area contributed by atoms with Crippen molar-refractivity contribution in [2.24, 2.45) is 0 Å². The van der Waals surface area contributed by atoms with E-state index in [-0.39, 0.29) is 0 Å². The fourth-order valence-corrected chi connectivity index (χ4v) is 2.94. The second-order valence-corrected chi connectivity index (χ2v) is 5.77. The number of ether oxygens (including phenoxy) is 2. The number of hydrogen-bond donors (Lipinski definition) is 1. The van der Waals surface area contributed by atoms with Crippen molar-refractivity contribution in [1.29, 1.82) is 0 Å². The lowest BCUT2D eigenvalue weighted by Gasteiger charge is -2.21. The van der Waals surface area contributed by atoms with Crippen LogP contribution in [-0.2, 0) is 9.47 Å².